The number of carbonyl (C=O) groups is 1. The van der Waals surface area contributed by atoms with Gasteiger partial charge in [-0.3, -0.25) is 4.79 Å². The van der Waals surface area contributed by atoms with Crippen LogP contribution in [0.1, 0.15) is 101 Å². The van der Waals surface area contributed by atoms with E-state index < -0.39 is 12.2 Å². The average molecular weight is 527 g/mol. The van der Waals surface area contributed by atoms with Crippen molar-refractivity contribution in [2.45, 2.75) is 110 Å². The molecule has 1 aliphatic heterocycles. The van der Waals surface area contributed by atoms with Crippen molar-refractivity contribution in [3.8, 4) is 0 Å². The number of carbonyl (C=O) groups excluding carboxylic acids is 1. The van der Waals surface area contributed by atoms with Crippen molar-refractivity contribution in [1.29, 1.82) is 0 Å². The quantitative estimate of drug-likeness (QED) is 0.143. The van der Waals surface area contributed by atoms with E-state index in [4.69, 9.17) is 35.3 Å². The van der Waals surface area contributed by atoms with Gasteiger partial charge in [0.15, 0.2) is 0 Å². The van der Waals surface area contributed by atoms with Gasteiger partial charge in [-0.15, -0.1) is 0 Å². The van der Waals surface area contributed by atoms with Gasteiger partial charge in [-0.25, -0.2) is 0 Å². The molecule has 2 rings (SSSR count). The summed E-state index contributed by atoms with van der Waals surface area (Å²) in [7, 11) is 0. The summed E-state index contributed by atoms with van der Waals surface area (Å²) in [4.78, 5) is 11.6. The molecule has 6 nitrogen and oxygen atoms in total. The van der Waals surface area contributed by atoms with Crippen LogP contribution in [0.15, 0.2) is 18.2 Å². The Bertz CT molecular complexity index is 730. The van der Waals surface area contributed by atoms with Gasteiger partial charge in [0.1, 0.15) is 36.8 Å². The minimum atomic E-state index is -0.508. The van der Waals surface area contributed by atoms with Crippen LogP contribution in [-0.4, -0.2) is 63.7 Å². The fraction of sp³-hybridized carbons (Fsp3) is 0.759. The lowest BCUT2D eigenvalue weighted by Gasteiger charge is -2.46. The fourth-order valence-corrected chi connectivity index (χ4v) is 4.49. The molecule has 1 aromatic carbocycles. The molecule has 0 saturated carbocycles. The predicted octanol–water partition coefficient (Wildman–Crippen LogP) is 6.97. The number of rotatable bonds is 19. The maximum absolute atomic E-state index is 11.6. The minimum Gasteiger partial charge on any atom is -0.379 e. The van der Waals surface area contributed by atoms with Crippen LogP contribution >= 0.6 is 11.6 Å². The average Bonchev–Trinajstić information content (AvgIpc) is 2.89. The molecule has 1 fully saturated rings. The van der Waals surface area contributed by atoms with Crippen LogP contribution in [0.25, 0.3) is 0 Å². The first-order chi connectivity index (χ1) is 17.6. The van der Waals surface area contributed by atoms with E-state index in [0.29, 0.717) is 43.6 Å². The van der Waals surface area contributed by atoms with Gasteiger partial charge >= 0.3 is 0 Å². The molecule has 5 atom stereocenters. The van der Waals surface area contributed by atoms with E-state index in [1.165, 1.54) is 0 Å². The van der Waals surface area contributed by atoms with Gasteiger partial charge in [-0.2, -0.15) is 0 Å². The van der Waals surface area contributed by atoms with E-state index in [1.54, 1.807) is 18.2 Å². The molecule has 3 unspecified atom stereocenters. The van der Waals surface area contributed by atoms with Crippen LogP contribution < -0.4 is 0 Å². The Balaban J connectivity index is 2.45. The zero-order valence-corrected chi connectivity index (χ0v) is 23.5. The molecule has 0 bridgehead atoms. The maximum atomic E-state index is 11.6. The Labute approximate surface area is 223 Å². The molecule has 0 spiro atoms. The van der Waals surface area contributed by atoms with Crippen LogP contribution in [0.2, 0.25) is 5.02 Å². The predicted molar refractivity (Wildman–Crippen MR) is 144 cm³/mol. The summed E-state index contributed by atoms with van der Waals surface area (Å²) in [6, 6.07) is 5.26. The van der Waals surface area contributed by atoms with Crippen molar-refractivity contribution >= 4 is 17.9 Å². The van der Waals surface area contributed by atoms with Crippen LogP contribution in [0.5, 0.6) is 0 Å². The molecule has 1 aliphatic rings. The van der Waals surface area contributed by atoms with Crippen molar-refractivity contribution in [1.82, 2.24) is 0 Å². The number of halogens is 1. The van der Waals surface area contributed by atoms with Gasteiger partial charge in [0, 0.05) is 42.6 Å². The van der Waals surface area contributed by atoms with Crippen molar-refractivity contribution in [2.24, 2.45) is 0 Å². The molecular formula is C29H47ClO6. The fourth-order valence-electron chi connectivity index (χ4n) is 4.26. The van der Waals surface area contributed by atoms with Gasteiger partial charge in [-0.1, -0.05) is 71.0 Å². The van der Waals surface area contributed by atoms with E-state index in [9.17, 15) is 4.79 Å². The first-order valence-electron chi connectivity index (χ1n) is 13.9. The smallest absolute Gasteiger partial charge is 0.150 e. The second kappa shape index (κ2) is 18.3. The molecule has 1 heterocycles. The Morgan fingerprint density at radius 1 is 0.806 bits per heavy atom. The monoisotopic (exact) mass is 526 g/mol. The topological polar surface area (TPSA) is 63.2 Å². The summed E-state index contributed by atoms with van der Waals surface area (Å²) in [5.74, 6) is 0. The van der Waals surface area contributed by atoms with E-state index >= 15 is 0 Å². The molecule has 0 aliphatic carbocycles. The van der Waals surface area contributed by atoms with Gasteiger partial charge < -0.3 is 23.7 Å². The number of hydrogen-bond acceptors (Lipinski definition) is 6. The van der Waals surface area contributed by atoms with E-state index in [0.717, 1.165) is 63.2 Å². The number of benzene rings is 1. The maximum Gasteiger partial charge on any atom is 0.150 e. The summed E-state index contributed by atoms with van der Waals surface area (Å²) >= 11 is 6.66. The van der Waals surface area contributed by atoms with Crippen molar-refractivity contribution in [2.75, 3.05) is 33.0 Å². The highest BCUT2D eigenvalue weighted by molar-refractivity contribution is 6.31. The van der Waals surface area contributed by atoms with Crippen LogP contribution in [0, 0.1) is 0 Å². The molecule has 7 heteroatoms. The third-order valence-electron chi connectivity index (χ3n) is 6.45. The number of aldehydes is 1. The molecule has 0 radical (unpaired) electrons. The number of ether oxygens (including phenoxy) is 5. The molecule has 0 aromatic heterocycles. The second-order valence-electron chi connectivity index (χ2n) is 9.49. The lowest BCUT2D eigenvalue weighted by atomic mass is 9.89. The van der Waals surface area contributed by atoms with E-state index in [-0.39, 0.29) is 18.3 Å². The van der Waals surface area contributed by atoms with Gasteiger partial charge in [-0.05, 0) is 37.8 Å². The van der Waals surface area contributed by atoms with Crippen LogP contribution in [-0.2, 0) is 23.7 Å². The number of unbranched alkanes of at least 4 members (excludes halogenated alkanes) is 4. The van der Waals surface area contributed by atoms with Crippen LogP contribution in [0.3, 0.4) is 0 Å². The molecule has 1 saturated heterocycles. The minimum absolute atomic E-state index is 0.328. The van der Waals surface area contributed by atoms with Crippen LogP contribution in [0.4, 0.5) is 0 Å². The van der Waals surface area contributed by atoms with E-state index in [2.05, 4.69) is 27.7 Å². The summed E-state index contributed by atoms with van der Waals surface area (Å²) in [6.45, 7) is 11.5. The van der Waals surface area contributed by atoms with Crippen molar-refractivity contribution in [3.05, 3.63) is 34.3 Å². The SMILES string of the molecule is CCCCOCC1OC(c2cc(C=O)ccc2Cl)[C@H](OCCCC)C(OCCCC)[C@@H]1OCCCC. The standard InChI is InChI=1S/C29H47ClO6/c1-5-9-15-32-21-25-27(33-16-10-6-2)29(35-18-12-8-4)28(34-17-11-7-3)26(36-25)23-19-22(20-31)13-14-24(23)30/h13-14,19-20,25-29H,5-12,15-18,21H2,1-4H3/t25?,26?,27-,28+,29?/m1/s1. The Kier molecular flexibility index (Phi) is 15.8. The highest BCUT2D eigenvalue weighted by Crippen LogP contribution is 2.40. The number of hydrogen-bond donors (Lipinski definition) is 0. The van der Waals surface area contributed by atoms with Gasteiger partial charge in [0.2, 0.25) is 0 Å². The second-order valence-corrected chi connectivity index (χ2v) is 9.90. The molecule has 0 amide bonds. The molecule has 0 N–H and O–H groups in total. The Hall–Kier alpha value is -1.02. The van der Waals surface area contributed by atoms with Crippen molar-refractivity contribution in [3.63, 3.8) is 0 Å². The van der Waals surface area contributed by atoms with Gasteiger partial charge in [0.05, 0.1) is 6.61 Å². The molecule has 206 valence electrons. The van der Waals surface area contributed by atoms with Crippen molar-refractivity contribution < 1.29 is 28.5 Å². The normalized spacial score (nSPS) is 24.2. The summed E-state index contributed by atoms with van der Waals surface area (Å²) in [5.41, 5.74) is 1.28. The van der Waals surface area contributed by atoms with Gasteiger partial charge in [0.25, 0.3) is 0 Å². The third-order valence-corrected chi connectivity index (χ3v) is 6.79. The van der Waals surface area contributed by atoms with E-state index in [1.807, 2.05) is 0 Å². The summed E-state index contributed by atoms with van der Waals surface area (Å²) < 4.78 is 32.2. The zero-order valence-electron chi connectivity index (χ0n) is 22.7. The largest absolute Gasteiger partial charge is 0.379 e. The Morgan fingerprint density at radius 3 is 1.94 bits per heavy atom. The lowest BCUT2D eigenvalue weighted by Crippen LogP contribution is -2.58. The highest BCUT2D eigenvalue weighted by atomic mass is 35.5. The Morgan fingerprint density at radius 2 is 1.36 bits per heavy atom. The zero-order chi connectivity index (χ0) is 26.2. The highest BCUT2D eigenvalue weighted by Gasteiger charge is 2.49. The summed E-state index contributed by atoms with van der Waals surface area (Å²) in [5, 5.41) is 0.540. The molecular weight excluding hydrogens is 480 g/mol. The lowest BCUT2D eigenvalue weighted by molar-refractivity contribution is -0.268. The first-order valence-corrected chi connectivity index (χ1v) is 14.3. The summed E-state index contributed by atoms with van der Waals surface area (Å²) in [6.07, 6.45) is 6.85. The molecule has 36 heavy (non-hydrogen) atoms. The molecule has 1 aromatic rings. The third kappa shape index (κ3) is 9.70. The first kappa shape index (κ1) is 31.2.